The van der Waals surface area contributed by atoms with E-state index in [2.05, 4.69) is 4.98 Å². The molecule has 2 heterocycles. The Bertz CT molecular complexity index is 604. The van der Waals surface area contributed by atoms with Crippen LogP contribution in [0, 0.1) is 0 Å². The highest BCUT2D eigenvalue weighted by Gasteiger charge is 2.15. The fourth-order valence-corrected chi connectivity index (χ4v) is 3.33. The highest BCUT2D eigenvalue weighted by atomic mass is 32.1. The van der Waals surface area contributed by atoms with Crippen molar-refractivity contribution in [2.24, 2.45) is 0 Å². The van der Waals surface area contributed by atoms with Gasteiger partial charge in [-0.1, -0.05) is 12.1 Å². The number of benzene rings is 1. The molecular formula is C11H8N2OS2. The normalized spacial score (nSPS) is 11.0. The van der Waals surface area contributed by atoms with Gasteiger partial charge in [0.05, 0.1) is 20.8 Å². The first-order chi connectivity index (χ1) is 7.75. The molecule has 0 bridgehead atoms. The highest BCUT2D eigenvalue weighted by molar-refractivity contribution is 7.22. The number of aromatic hydroxyl groups is 1. The van der Waals surface area contributed by atoms with Crippen LogP contribution in [0.1, 0.15) is 0 Å². The van der Waals surface area contributed by atoms with Crippen LogP contribution in [0.2, 0.25) is 0 Å². The minimum atomic E-state index is 0.210. The fraction of sp³-hybridized carbons (Fsp3) is 0. The predicted molar refractivity (Wildman–Crippen MR) is 69.0 cm³/mol. The smallest absolute Gasteiger partial charge is 0.138 e. The van der Waals surface area contributed by atoms with E-state index >= 15 is 0 Å². The summed E-state index contributed by atoms with van der Waals surface area (Å²) in [6, 6.07) is 7.88. The van der Waals surface area contributed by atoms with E-state index in [0.29, 0.717) is 10.6 Å². The second kappa shape index (κ2) is 3.47. The first-order valence-electron chi connectivity index (χ1n) is 4.67. The number of hydrogen-bond donors (Lipinski definition) is 2. The van der Waals surface area contributed by atoms with Crippen LogP contribution in [0.25, 0.3) is 20.8 Å². The standard InChI is InChI=1S/C11H8N2OS2/c12-10-9(7(14)5-15-10)11-13-6-3-1-2-4-8(6)16-11/h1-5,14H,12H2. The Labute approximate surface area is 99.8 Å². The van der Waals surface area contributed by atoms with Crippen molar-refractivity contribution in [1.29, 1.82) is 0 Å². The number of thiazole rings is 1. The number of fused-ring (bicyclic) bond motifs is 1. The van der Waals surface area contributed by atoms with Crippen molar-refractivity contribution >= 4 is 37.9 Å². The SMILES string of the molecule is Nc1scc(O)c1-c1nc2ccccc2s1. The lowest BCUT2D eigenvalue weighted by Gasteiger charge is -1.94. The van der Waals surface area contributed by atoms with Crippen molar-refractivity contribution < 1.29 is 5.11 Å². The van der Waals surface area contributed by atoms with E-state index < -0.39 is 0 Å². The monoisotopic (exact) mass is 248 g/mol. The molecule has 0 spiro atoms. The van der Waals surface area contributed by atoms with Crippen LogP contribution in [0.5, 0.6) is 5.75 Å². The minimum Gasteiger partial charge on any atom is -0.506 e. The van der Waals surface area contributed by atoms with Gasteiger partial charge in [-0.15, -0.1) is 22.7 Å². The van der Waals surface area contributed by atoms with E-state index in [4.69, 9.17) is 5.73 Å². The molecule has 16 heavy (non-hydrogen) atoms. The number of rotatable bonds is 1. The van der Waals surface area contributed by atoms with Gasteiger partial charge in [0.15, 0.2) is 0 Å². The predicted octanol–water partition coefficient (Wildman–Crippen LogP) is 3.31. The third-order valence-electron chi connectivity index (χ3n) is 2.31. The lowest BCUT2D eigenvalue weighted by atomic mass is 10.3. The molecule has 3 nitrogen and oxygen atoms in total. The summed E-state index contributed by atoms with van der Waals surface area (Å²) in [5.41, 5.74) is 7.42. The maximum atomic E-state index is 9.71. The summed E-state index contributed by atoms with van der Waals surface area (Å²) in [4.78, 5) is 4.46. The number of nitrogens with two attached hydrogens (primary N) is 1. The zero-order chi connectivity index (χ0) is 11.1. The highest BCUT2D eigenvalue weighted by Crippen LogP contribution is 2.42. The van der Waals surface area contributed by atoms with E-state index in [0.717, 1.165) is 15.2 Å². The molecule has 0 unspecified atom stereocenters. The Kier molecular flexibility index (Phi) is 2.08. The number of hydrogen-bond acceptors (Lipinski definition) is 5. The van der Waals surface area contributed by atoms with Crippen molar-refractivity contribution in [2.45, 2.75) is 0 Å². The van der Waals surface area contributed by atoms with Gasteiger partial charge in [-0.2, -0.15) is 0 Å². The van der Waals surface area contributed by atoms with Crippen molar-refractivity contribution in [3.63, 3.8) is 0 Å². The minimum absolute atomic E-state index is 0.210. The Morgan fingerprint density at radius 3 is 2.75 bits per heavy atom. The largest absolute Gasteiger partial charge is 0.506 e. The summed E-state index contributed by atoms with van der Waals surface area (Å²) in [6.07, 6.45) is 0. The Hall–Kier alpha value is -1.59. The molecular weight excluding hydrogens is 240 g/mol. The van der Waals surface area contributed by atoms with Crippen LogP contribution in [0.3, 0.4) is 0 Å². The topological polar surface area (TPSA) is 59.1 Å². The lowest BCUT2D eigenvalue weighted by molar-refractivity contribution is 0.480. The van der Waals surface area contributed by atoms with Gasteiger partial charge in [0.25, 0.3) is 0 Å². The van der Waals surface area contributed by atoms with Crippen molar-refractivity contribution in [3.05, 3.63) is 29.6 Å². The fourth-order valence-electron chi connectivity index (χ4n) is 1.56. The number of anilines is 1. The molecule has 3 aromatic rings. The summed E-state index contributed by atoms with van der Waals surface area (Å²) >= 11 is 2.87. The second-order valence-electron chi connectivity index (χ2n) is 3.35. The zero-order valence-electron chi connectivity index (χ0n) is 8.18. The third kappa shape index (κ3) is 1.36. The third-order valence-corrected chi connectivity index (χ3v) is 4.16. The summed E-state index contributed by atoms with van der Waals surface area (Å²) in [7, 11) is 0. The molecule has 1 aromatic carbocycles. The zero-order valence-corrected chi connectivity index (χ0v) is 9.81. The maximum absolute atomic E-state index is 9.71. The summed E-state index contributed by atoms with van der Waals surface area (Å²) in [5.74, 6) is 0.210. The molecule has 0 fully saturated rings. The van der Waals surface area contributed by atoms with Gasteiger partial charge in [0, 0.05) is 5.38 Å². The first-order valence-corrected chi connectivity index (χ1v) is 6.37. The van der Waals surface area contributed by atoms with Crippen LogP contribution < -0.4 is 5.73 Å². The van der Waals surface area contributed by atoms with Crippen molar-refractivity contribution in [3.8, 4) is 16.3 Å². The lowest BCUT2D eigenvalue weighted by Crippen LogP contribution is -1.82. The average molecular weight is 248 g/mol. The second-order valence-corrected chi connectivity index (χ2v) is 5.29. The Morgan fingerprint density at radius 2 is 2.06 bits per heavy atom. The van der Waals surface area contributed by atoms with E-state index in [1.807, 2.05) is 24.3 Å². The van der Waals surface area contributed by atoms with Gasteiger partial charge in [-0.25, -0.2) is 4.98 Å². The summed E-state index contributed by atoms with van der Waals surface area (Å²) in [6.45, 7) is 0. The van der Waals surface area contributed by atoms with Crippen molar-refractivity contribution in [2.75, 3.05) is 5.73 Å². The molecule has 3 N–H and O–H groups in total. The molecule has 0 atom stereocenters. The van der Waals surface area contributed by atoms with Gasteiger partial charge >= 0.3 is 0 Å². The first kappa shape index (κ1) is 9.62. The molecule has 0 saturated heterocycles. The van der Waals surface area contributed by atoms with Crippen LogP contribution in [0.4, 0.5) is 5.00 Å². The molecule has 0 amide bonds. The number of aromatic nitrogens is 1. The van der Waals surface area contributed by atoms with Crippen LogP contribution in [0.15, 0.2) is 29.6 Å². The number of thiophene rings is 1. The number of nitrogen functional groups attached to an aromatic ring is 1. The van der Waals surface area contributed by atoms with E-state index in [1.165, 1.54) is 22.7 Å². The van der Waals surface area contributed by atoms with E-state index in [-0.39, 0.29) is 5.75 Å². The molecule has 0 aliphatic carbocycles. The molecule has 0 saturated carbocycles. The molecule has 80 valence electrons. The molecule has 3 rings (SSSR count). The quantitative estimate of drug-likeness (QED) is 0.694. The number of para-hydroxylation sites is 1. The number of nitrogens with zero attached hydrogens (tertiary/aromatic N) is 1. The van der Waals surface area contributed by atoms with Crippen LogP contribution >= 0.6 is 22.7 Å². The maximum Gasteiger partial charge on any atom is 0.138 e. The van der Waals surface area contributed by atoms with Gasteiger partial charge in [0.2, 0.25) is 0 Å². The van der Waals surface area contributed by atoms with Gasteiger partial charge in [-0.3, -0.25) is 0 Å². The van der Waals surface area contributed by atoms with Gasteiger partial charge in [-0.05, 0) is 12.1 Å². The Morgan fingerprint density at radius 1 is 1.25 bits per heavy atom. The van der Waals surface area contributed by atoms with E-state index in [9.17, 15) is 5.11 Å². The summed E-state index contributed by atoms with van der Waals surface area (Å²) in [5, 5.41) is 12.7. The molecule has 0 aliphatic heterocycles. The van der Waals surface area contributed by atoms with Crippen molar-refractivity contribution in [1.82, 2.24) is 4.98 Å². The summed E-state index contributed by atoms with van der Waals surface area (Å²) < 4.78 is 1.10. The molecule has 0 aliphatic rings. The van der Waals surface area contributed by atoms with Crippen LogP contribution in [-0.4, -0.2) is 10.1 Å². The van der Waals surface area contributed by atoms with Gasteiger partial charge in [0.1, 0.15) is 10.8 Å². The average Bonchev–Trinajstić information content (AvgIpc) is 2.82. The van der Waals surface area contributed by atoms with Crippen LogP contribution in [-0.2, 0) is 0 Å². The molecule has 2 aromatic heterocycles. The van der Waals surface area contributed by atoms with Gasteiger partial charge < -0.3 is 10.8 Å². The molecule has 0 radical (unpaired) electrons. The molecule has 5 heteroatoms. The van der Waals surface area contributed by atoms with E-state index in [1.54, 1.807) is 5.38 Å². The Balaban J connectivity index is 2.27.